The van der Waals surface area contributed by atoms with E-state index in [4.69, 9.17) is 9.52 Å². The summed E-state index contributed by atoms with van der Waals surface area (Å²) in [5.74, 6) is 0.601. The number of hydrogen-bond acceptors (Lipinski definition) is 4. The zero-order valence-corrected chi connectivity index (χ0v) is 12.6. The minimum Gasteiger partial charge on any atom is -0.450 e. The fraction of sp³-hybridized carbons (Fsp3) is 0.636. The average molecular weight is 338 g/mol. The predicted molar refractivity (Wildman–Crippen MR) is 69.4 cm³/mol. The lowest BCUT2D eigenvalue weighted by Crippen LogP contribution is -2.26. The molecule has 102 valence electrons. The lowest BCUT2D eigenvalue weighted by atomic mass is 10.1. The lowest BCUT2D eigenvalue weighted by molar-refractivity contribution is 0.245. The zero-order valence-electron chi connectivity index (χ0n) is 10.2. The Morgan fingerprint density at radius 1 is 1.61 bits per heavy atom. The van der Waals surface area contributed by atoms with Gasteiger partial charge in [0.05, 0.1) is 0 Å². The first-order valence-corrected chi connectivity index (χ1v) is 7.92. The van der Waals surface area contributed by atoms with Crippen molar-refractivity contribution in [2.75, 3.05) is 6.54 Å². The highest BCUT2D eigenvalue weighted by Gasteiger charge is 2.45. The lowest BCUT2D eigenvalue weighted by Gasteiger charge is -2.06. The summed E-state index contributed by atoms with van der Waals surface area (Å²) in [4.78, 5) is 0.0324. The molecule has 1 atom stereocenters. The molecule has 0 amide bonds. The van der Waals surface area contributed by atoms with Gasteiger partial charge in [-0.3, -0.25) is 0 Å². The summed E-state index contributed by atoms with van der Waals surface area (Å²) >= 11 is 3.04. The molecule has 1 aliphatic rings. The van der Waals surface area contributed by atoms with E-state index in [1.807, 2.05) is 0 Å². The maximum absolute atomic E-state index is 12.0. The molecular weight excluding hydrogens is 322 g/mol. The Bertz CT molecular complexity index is 549. The van der Waals surface area contributed by atoms with Crippen LogP contribution >= 0.6 is 15.9 Å². The molecule has 5 nitrogen and oxygen atoms in total. The van der Waals surface area contributed by atoms with E-state index in [0.29, 0.717) is 12.5 Å². The molecule has 0 spiro atoms. The number of sulfonamides is 1. The van der Waals surface area contributed by atoms with Crippen LogP contribution in [0, 0.1) is 11.3 Å². The van der Waals surface area contributed by atoms with E-state index in [1.54, 1.807) is 0 Å². The number of aliphatic hydroxyl groups is 1. The molecule has 1 aromatic rings. The Kier molecular flexibility index (Phi) is 3.61. The zero-order chi connectivity index (χ0) is 13.6. The van der Waals surface area contributed by atoms with Crippen molar-refractivity contribution in [3.63, 3.8) is 0 Å². The minimum absolute atomic E-state index is 0.0324. The van der Waals surface area contributed by atoms with E-state index in [1.165, 1.54) is 6.07 Å². The van der Waals surface area contributed by atoms with Gasteiger partial charge in [0.25, 0.3) is 0 Å². The summed E-state index contributed by atoms with van der Waals surface area (Å²) in [5.41, 5.74) is 0.229. The number of furan rings is 1. The Labute approximate surface area is 115 Å². The van der Waals surface area contributed by atoms with Gasteiger partial charge in [0.2, 0.25) is 10.0 Å². The van der Waals surface area contributed by atoms with Crippen molar-refractivity contribution in [3.05, 3.63) is 16.5 Å². The molecule has 7 heteroatoms. The summed E-state index contributed by atoms with van der Waals surface area (Å²) in [6.07, 6.45) is 1.03. The Morgan fingerprint density at radius 3 is 2.67 bits per heavy atom. The van der Waals surface area contributed by atoms with Crippen LogP contribution < -0.4 is 4.72 Å². The summed E-state index contributed by atoms with van der Waals surface area (Å²) < 4.78 is 31.8. The van der Waals surface area contributed by atoms with E-state index >= 15 is 0 Å². The van der Waals surface area contributed by atoms with Crippen molar-refractivity contribution in [2.45, 2.75) is 31.8 Å². The van der Waals surface area contributed by atoms with Crippen molar-refractivity contribution in [1.29, 1.82) is 0 Å². The molecule has 0 radical (unpaired) electrons. The van der Waals surface area contributed by atoms with E-state index in [2.05, 4.69) is 34.5 Å². The van der Waals surface area contributed by atoms with Crippen LogP contribution in [0.4, 0.5) is 0 Å². The minimum atomic E-state index is -3.59. The van der Waals surface area contributed by atoms with Crippen LogP contribution in [0.2, 0.25) is 0 Å². The summed E-state index contributed by atoms with van der Waals surface area (Å²) in [7, 11) is -3.59. The van der Waals surface area contributed by atoms with Gasteiger partial charge in [0.1, 0.15) is 17.3 Å². The normalized spacial score (nSPS) is 22.1. The van der Waals surface area contributed by atoms with Gasteiger partial charge in [0, 0.05) is 12.6 Å². The van der Waals surface area contributed by atoms with Gasteiger partial charge < -0.3 is 9.52 Å². The molecule has 2 N–H and O–H groups in total. The van der Waals surface area contributed by atoms with Gasteiger partial charge in [-0.1, -0.05) is 13.8 Å². The number of hydrogen-bond donors (Lipinski definition) is 2. The number of aliphatic hydroxyl groups excluding tert-OH is 1. The fourth-order valence-electron chi connectivity index (χ4n) is 1.87. The van der Waals surface area contributed by atoms with Crippen LogP contribution in [0.1, 0.15) is 26.0 Å². The van der Waals surface area contributed by atoms with E-state index < -0.39 is 10.0 Å². The van der Waals surface area contributed by atoms with Gasteiger partial charge in [-0.2, -0.15) is 0 Å². The first kappa shape index (κ1) is 14.0. The summed E-state index contributed by atoms with van der Waals surface area (Å²) in [6.45, 7) is 4.33. The van der Waals surface area contributed by atoms with Crippen molar-refractivity contribution in [2.24, 2.45) is 11.3 Å². The number of rotatable bonds is 5. The van der Waals surface area contributed by atoms with Crippen molar-refractivity contribution < 1.29 is 17.9 Å². The SMILES string of the molecule is CC1(C)CC1CNS(=O)(=O)c1cc(CO)oc1Br. The third-order valence-electron chi connectivity index (χ3n) is 3.39. The van der Waals surface area contributed by atoms with Gasteiger partial charge >= 0.3 is 0 Å². The van der Waals surface area contributed by atoms with Gasteiger partial charge in [-0.05, 0) is 33.7 Å². The molecule has 1 saturated carbocycles. The van der Waals surface area contributed by atoms with Crippen LogP contribution in [0.3, 0.4) is 0 Å². The van der Waals surface area contributed by atoms with E-state index in [-0.39, 0.29) is 27.3 Å². The highest BCUT2D eigenvalue weighted by atomic mass is 79.9. The highest BCUT2D eigenvalue weighted by molar-refractivity contribution is 9.10. The monoisotopic (exact) mass is 337 g/mol. The topological polar surface area (TPSA) is 79.5 Å². The Balaban J connectivity index is 2.08. The molecule has 1 aliphatic carbocycles. The maximum Gasteiger partial charge on any atom is 0.244 e. The first-order valence-electron chi connectivity index (χ1n) is 5.65. The third kappa shape index (κ3) is 2.79. The second kappa shape index (κ2) is 4.63. The molecular formula is C11H16BrNO4S. The van der Waals surface area contributed by atoms with Crippen LogP contribution in [0.25, 0.3) is 0 Å². The van der Waals surface area contributed by atoms with Gasteiger partial charge in [-0.15, -0.1) is 0 Å². The van der Waals surface area contributed by atoms with Crippen molar-refractivity contribution in [1.82, 2.24) is 4.72 Å². The van der Waals surface area contributed by atoms with Crippen LogP contribution in [-0.4, -0.2) is 20.1 Å². The maximum atomic E-state index is 12.0. The average Bonchev–Trinajstić information content (AvgIpc) is 2.70. The second-order valence-corrected chi connectivity index (χ2v) is 7.71. The number of halogens is 1. The summed E-state index contributed by atoms with van der Waals surface area (Å²) in [6, 6.07) is 1.32. The smallest absolute Gasteiger partial charge is 0.244 e. The summed E-state index contributed by atoms with van der Waals surface area (Å²) in [5, 5.41) is 8.91. The Hall–Kier alpha value is -0.370. The molecule has 0 aliphatic heterocycles. The standard InChI is InChI=1S/C11H16BrNO4S/c1-11(2)4-7(11)5-13-18(15,16)9-3-8(6-14)17-10(9)12/h3,7,13-14H,4-6H2,1-2H3. The number of nitrogens with one attached hydrogen (secondary N) is 1. The fourth-order valence-corrected chi connectivity index (χ4v) is 3.95. The highest BCUT2D eigenvalue weighted by Crippen LogP contribution is 2.51. The molecule has 18 heavy (non-hydrogen) atoms. The van der Waals surface area contributed by atoms with Crippen LogP contribution in [0.5, 0.6) is 0 Å². The molecule has 1 aromatic heterocycles. The van der Waals surface area contributed by atoms with E-state index in [0.717, 1.165) is 6.42 Å². The molecule has 0 bridgehead atoms. The second-order valence-electron chi connectivity index (χ2n) is 5.25. The largest absolute Gasteiger partial charge is 0.450 e. The van der Waals surface area contributed by atoms with Gasteiger partial charge in [-0.25, -0.2) is 13.1 Å². The molecule has 0 saturated heterocycles. The molecule has 2 rings (SSSR count). The third-order valence-corrected chi connectivity index (χ3v) is 5.67. The Morgan fingerprint density at radius 2 is 2.22 bits per heavy atom. The molecule has 1 fully saturated rings. The van der Waals surface area contributed by atoms with Crippen molar-refractivity contribution >= 4 is 26.0 Å². The quantitative estimate of drug-likeness (QED) is 0.859. The van der Waals surface area contributed by atoms with Crippen molar-refractivity contribution in [3.8, 4) is 0 Å². The molecule has 1 heterocycles. The van der Waals surface area contributed by atoms with Crippen LogP contribution in [0.15, 0.2) is 20.0 Å². The predicted octanol–water partition coefficient (Wildman–Crippen LogP) is 1.86. The molecule has 0 aromatic carbocycles. The first-order chi connectivity index (χ1) is 8.26. The van der Waals surface area contributed by atoms with Crippen LogP contribution in [-0.2, 0) is 16.6 Å². The van der Waals surface area contributed by atoms with Gasteiger partial charge in [0.15, 0.2) is 4.67 Å². The van der Waals surface area contributed by atoms with E-state index in [9.17, 15) is 8.42 Å². The molecule has 1 unspecified atom stereocenters.